The van der Waals surface area contributed by atoms with E-state index in [0.29, 0.717) is 35.8 Å². The number of nitrogens with one attached hydrogen (secondary N) is 1. The highest BCUT2D eigenvalue weighted by atomic mass is 19.1. The van der Waals surface area contributed by atoms with Crippen molar-refractivity contribution in [2.75, 3.05) is 19.0 Å². The predicted molar refractivity (Wildman–Crippen MR) is 115 cm³/mol. The van der Waals surface area contributed by atoms with Crippen molar-refractivity contribution >= 4 is 22.5 Å². The molecule has 0 aliphatic heterocycles. The third-order valence-electron chi connectivity index (χ3n) is 5.22. The normalized spacial score (nSPS) is 11.3. The number of nitrogens with zero attached hydrogens (tertiary/aromatic N) is 3. The first-order chi connectivity index (χ1) is 14.9. The number of anilines is 1. The molecule has 0 saturated carbocycles. The number of aryl methyl sites for hydroxylation is 1. The van der Waals surface area contributed by atoms with Gasteiger partial charge in [-0.15, -0.1) is 0 Å². The van der Waals surface area contributed by atoms with Gasteiger partial charge < -0.3 is 14.6 Å². The summed E-state index contributed by atoms with van der Waals surface area (Å²) in [6.45, 7) is 4.64. The number of rotatable bonds is 6. The summed E-state index contributed by atoms with van der Waals surface area (Å²) in [5.74, 6) is -1.77. The van der Waals surface area contributed by atoms with Crippen LogP contribution in [0.25, 0.3) is 16.6 Å². The van der Waals surface area contributed by atoms with Crippen molar-refractivity contribution in [3.05, 3.63) is 77.2 Å². The molecule has 160 valence electrons. The van der Waals surface area contributed by atoms with Crippen LogP contribution in [-0.2, 0) is 11.3 Å². The van der Waals surface area contributed by atoms with Crippen molar-refractivity contribution in [2.45, 2.75) is 20.4 Å². The lowest BCUT2D eigenvalue weighted by atomic mass is 10.1. The van der Waals surface area contributed by atoms with Crippen LogP contribution in [0, 0.1) is 25.5 Å². The minimum absolute atomic E-state index is 0.0819. The lowest BCUT2D eigenvalue weighted by Gasteiger charge is -2.09. The molecule has 8 heteroatoms. The molecule has 0 saturated heterocycles. The highest BCUT2D eigenvalue weighted by molar-refractivity contribution is 6.06. The summed E-state index contributed by atoms with van der Waals surface area (Å²) >= 11 is 0. The van der Waals surface area contributed by atoms with Crippen molar-refractivity contribution in [2.24, 2.45) is 0 Å². The first kappa shape index (κ1) is 20.7. The third kappa shape index (κ3) is 3.94. The fourth-order valence-electron chi connectivity index (χ4n) is 3.70. The van der Waals surface area contributed by atoms with E-state index >= 15 is 0 Å². The molecular formula is C23H22F2N4O2. The molecule has 2 heterocycles. The number of methoxy groups -OCH3 is 1. The molecule has 0 radical (unpaired) electrons. The molecule has 31 heavy (non-hydrogen) atoms. The van der Waals surface area contributed by atoms with Gasteiger partial charge >= 0.3 is 0 Å². The maximum atomic E-state index is 14.2. The monoisotopic (exact) mass is 424 g/mol. The molecule has 1 amide bonds. The molecule has 0 aliphatic carbocycles. The van der Waals surface area contributed by atoms with Crippen LogP contribution in [-0.4, -0.2) is 34.0 Å². The Morgan fingerprint density at radius 2 is 1.94 bits per heavy atom. The second-order valence-electron chi connectivity index (χ2n) is 7.28. The standard InChI is InChI=1S/C23H22F2N4O2/c1-14-22(15(2)29(27-14)20-7-5-17(24)12-19(20)25)23(30)26-18-6-4-16-8-9-28(10-11-31-3)21(16)13-18/h4-9,12-13H,10-11H2,1-3H3,(H,26,30). The van der Waals surface area contributed by atoms with Crippen LogP contribution >= 0.6 is 0 Å². The van der Waals surface area contributed by atoms with Gasteiger partial charge in [-0.25, -0.2) is 13.5 Å². The van der Waals surface area contributed by atoms with Gasteiger partial charge in [-0.05, 0) is 49.6 Å². The minimum atomic E-state index is -0.750. The highest BCUT2D eigenvalue weighted by Gasteiger charge is 2.21. The van der Waals surface area contributed by atoms with Gasteiger partial charge in [0.2, 0.25) is 0 Å². The number of ether oxygens (including phenoxy) is 1. The molecule has 6 nitrogen and oxygen atoms in total. The van der Waals surface area contributed by atoms with Crippen LogP contribution in [0.15, 0.2) is 48.7 Å². The molecule has 0 unspecified atom stereocenters. The van der Waals surface area contributed by atoms with Crippen molar-refractivity contribution < 1.29 is 18.3 Å². The second-order valence-corrected chi connectivity index (χ2v) is 7.28. The van der Waals surface area contributed by atoms with Crippen LogP contribution in [0.2, 0.25) is 0 Å². The summed E-state index contributed by atoms with van der Waals surface area (Å²) in [7, 11) is 1.65. The Balaban J connectivity index is 1.64. The summed E-state index contributed by atoms with van der Waals surface area (Å²) in [6.07, 6.45) is 1.98. The minimum Gasteiger partial charge on any atom is -0.383 e. The molecule has 2 aromatic carbocycles. The highest BCUT2D eigenvalue weighted by Crippen LogP contribution is 2.24. The SMILES string of the molecule is COCCn1ccc2ccc(NC(=O)c3c(C)nn(-c4ccc(F)cc4F)c3C)cc21. The molecular weight excluding hydrogens is 402 g/mol. The topological polar surface area (TPSA) is 61.1 Å². The zero-order valence-electron chi connectivity index (χ0n) is 17.4. The van der Waals surface area contributed by atoms with Crippen molar-refractivity contribution in [3.8, 4) is 5.69 Å². The van der Waals surface area contributed by atoms with Gasteiger partial charge in [0.15, 0.2) is 5.82 Å². The van der Waals surface area contributed by atoms with Crippen LogP contribution in [0.5, 0.6) is 0 Å². The van der Waals surface area contributed by atoms with Crippen LogP contribution in [0.4, 0.5) is 14.5 Å². The van der Waals surface area contributed by atoms with Gasteiger partial charge in [0.25, 0.3) is 5.91 Å². The smallest absolute Gasteiger partial charge is 0.259 e. The molecule has 4 aromatic rings. The van der Waals surface area contributed by atoms with E-state index in [0.717, 1.165) is 23.0 Å². The van der Waals surface area contributed by atoms with E-state index in [-0.39, 0.29) is 11.6 Å². The average Bonchev–Trinajstić information content (AvgIpc) is 3.26. The van der Waals surface area contributed by atoms with Gasteiger partial charge in [0.1, 0.15) is 11.5 Å². The van der Waals surface area contributed by atoms with Gasteiger partial charge in [-0.3, -0.25) is 4.79 Å². The third-order valence-corrected chi connectivity index (χ3v) is 5.22. The number of hydrogen-bond donors (Lipinski definition) is 1. The van der Waals surface area contributed by atoms with E-state index in [4.69, 9.17) is 4.74 Å². The predicted octanol–water partition coefficient (Wildman–Crippen LogP) is 4.62. The van der Waals surface area contributed by atoms with Crippen LogP contribution < -0.4 is 5.32 Å². The molecule has 0 atom stereocenters. The van der Waals surface area contributed by atoms with E-state index < -0.39 is 11.6 Å². The Labute approximate surface area is 178 Å². The molecule has 1 N–H and O–H groups in total. The zero-order chi connectivity index (χ0) is 22.1. The lowest BCUT2D eigenvalue weighted by Crippen LogP contribution is -2.14. The number of amides is 1. The molecule has 0 aliphatic rings. The lowest BCUT2D eigenvalue weighted by molar-refractivity contribution is 0.102. The van der Waals surface area contributed by atoms with E-state index in [9.17, 15) is 13.6 Å². The van der Waals surface area contributed by atoms with Gasteiger partial charge in [0.05, 0.1) is 29.1 Å². The summed E-state index contributed by atoms with van der Waals surface area (Å²) < 4.78 is 36.0. The largest absolute Gasteiger partial charge is 0.383 e. The summed E-state index contributed by atoms with van der Waals surface area (Å²) in [5, 5.41) is 8.26. The fourth-order valence-corrected chi connectivity index (χ4v) is 3.70. The average molecular weight is 424 g/mol. The Morgan fingerprint density at radius 3 is 2.68 bits per heavy atom. The molecule has 0 fully saturated rings. The Kier molecular flexibility index (Phi) is 5.56. The summed E-state index contributed by atoms with van der Waals surface area (Å²) in [4.78, 5) is 13.0. The number of aromatic nitrogens is 3. The Morgan fingerprint density at radius 1 is 1.13 bits per heavy atom. The van der Waals surface area contributed by atoms with E-state index in [1.54, 1.807) is 21.0 Å². The zero-order valence-corrected chi connectivity index (χ0v) is 17.4. The maximum Gasteiger partial charge on any atom is 0.259 e. The first-order valence-electron chi connectivity index (χ1n) is 9.80. The summed E-state index contributed by atoms with van der Waals surface area (Å²) in [5.41, 5.74) is 2.95. The van der Waals surface area contributed by atoms with Crippen LogP contribution in [0.3, 0.4) is 0 Å². The van der Waals surface area contributed by atoms with Crippen molar-refractivity contribution in [3.63, 3.8) is 0 Å². The number of hydrogen-bond acceptors (Lipinski definition) is 3. The maximum absolute atomic E-state index is 14.2. The van der Waals surface area contributed by atoms with Gasteiger partial charge in [-0.2, -0.15) is 5.10 Å². The van der Waals surface area contributed by atoms with Crippen molar-refractivity contribution in [1.29, 1.82) is 0 Å². The van der Waals surface area contributed by atoms with E-state index in [1.807, 2.05) is 30.5 Å². The van der Waals surface area contributed by atoms with Gasteiger partial charge in [-0.1, -0.05) is 6.07 Å². The number of benzene rings is 2. The fraction of sp³-hybridized carbons (Fsp3) is 0.217. The number of fused-ring (bicyclic) bond motifs is 1. The summed E-state index contributed by atoms with van der Waals surface area (Å²) in [6, 6.07) is 10.9. The van der Waals surface area contributed by atoms with Crippen molar-refractivity contribution in [1.82, 2.24) is 14.3 Å². The quantitative estimate of drug-likeness (QED) is 0.491. The van der Waals surface area contributed by atoms with Crippen LogP contribution in [0.1, 0.15) is 21.7 Å². The molecule has 4 rings (SSSR count). The second kappa shape index (κ2) is 8.31. The van der Waals surface area contributed by atoms with E-state index in [1.165, 1.54) is 10.7 Å². The molecule has 2 aromatic heterocycles. The molecule has 0 bridgehead atoms. The number of carbonyl (C=O) groups excluding carboxylic acids is 1. The Bertz CT molecular complexity index is 1280. The van der Waals surface area contributed by atoms with Gasteiger partial charge in [0, 0.05) is 31.6 Å². The Hall–Kier alpha value is -3.52. The number of halogens is 2. The first-order valence-corrected chi connectivity index (χ1v) is 9.80. The molecule has 0 spiro atoms. The van der Waals surface area contributed by atoms with E-state index in [2.05, 4.69) is 15.0 Å². The number of carbonyl (C=O) groups is 1.